The third kappa shape index (κ3) is 6.86. The second-order valence-electron chi connectivity index (χ2n) is 12.7. The van der Waals surface area contributed by atoms with Gasteiger partial charge in [-0.3, -0.25) is 9.59 Å². The van der Waals surface area contributed by atoms with E-state index in [0.29, 0.717) is 25.1 Å². The van der Waals surface area contributed by atoms with Crippen LogP contribution in [0.25, 0.3) is 10.9 Å². The fourth-order valence-corrected chi connectivity index (χ4v) is 6.31. The number of likely N-dealkylation sites (tertiary alicyclic amines) is 2. The second-order valence-corrected chi connectivity index (χ2v) is 12.7. The number of aryl methyl sites for hydroxylation is 2. The third-order valence-corrected chi connectivity index (χ3v) is 8.26. The first-order chi connectivity index (χ1) is 19.4. The van der Waals surface area contributed by atoms with E-state index >= 15 is 0 Å². The minimum Gasteiger partial charge on any atom is -0.444 e. The molecule has 9 nitrogen and oxygen atoms in total. The molecule has 2 aliphatic rings. The zero-order chi connectivity index (χ0) is 29.9. The van der Waals surface area contributed by atoms with Crippen LogP contribution < -0.4 is 5.32 Å². The maximum Gasteiger partial charge on any atom is 0.408 e. The first kappa shape index (κ1) is 30.4. The van der Waals surface area contributed by atoms with Crippen molar-refractivity contribution in [3.05, 3.63) is 35.5 Å². The van der Waals surface area contributed by atoms with E-state index in [9.17, 15) is 19.6 Å². The van der Waals surface area contributed by atoms with Gasteiger partial charge in [-0.2, -0.15) is 5.26 Å². The molecule has 3 heterocycles. The summed E-state index contributed by atoms with van der Waals surface area (Å²) >= 11 is 0. The van der Waals surface area contributed by atoms with Gasteiger partial charge in [-0.25, -0.2) is 4.79 Å². The first-order valence-corrected chi connectivity index (χ1v) is 15.1. The van der Waals surface area contributed by atoms with Crippen molar-refractivity contribution < 1.29 is 19.1 Å². The number of carbonyl (C=O) groups is 3. The van der Waals surface area contributed by atoms with Gasteiger partial charge in [0.1, 0.15) is 17.7 Å². The smallest absolute Gasteiger partial charge is 0.408 e. The number of benzene rings is 1. The summed E-state index contributed by atoms with van der Waals surface area (Å²) in [5.74, 6) is -0.352. The lowest BCUT2D eigenvalue weighted by atomic mass is 10.0. The van der Waals surface area contributed by atoms with Gasteiger partial charge >= 0.3 is 6.09 Å². The van der Waals surface area contributed by atoms with Crippen LogP contribution in [0.15, 0.2) is 24.3 Å². The first-order valence-electron chi connectivity index (χ1n) is 15.1. The summed E-state index contributed by atoms with van der Waals surface area (Å²) in [4.78, 5) is 43.7. The average Bonchev–Trinajstić information content (AvgIpc) is 3.66. The molecule has 41 heavy (non-hydrogen) atoms. The summed E-state index contributed by atoms with van der Waals surface area (Å²) in [5.41, 5.74) is 2.26. The van der Waals surface area contributed by atoms with Gasteiger partial charge in [-0.1, -0.05) is 19.9 Å². The SMILES string of the molecule is CCn1c(CC[C@@H]2CCCN2C(=O)[C@H]2CCCN2C(=O)[C@@H](NC(=O)OC(C)(C)C)C(C)C)cc2ccc(C#N)cc21. The number of fused-ring (bicyclic) bond motifs is 1. The van der Waals surface area contributed by atoms with Crippen molar-refractivity contribution in [3.8, 4) is 6.07 Å². The van der Waals surface area contributed by atoms with E-state index in [4.69, 9.17) is 4.74 Å². The van der Waals surface area contributed by atoms with E-state index < -0.39 is 23.8 Å². The molecule has 1 N–H and O–H groups in total. The van der Waals surface area contributed by atoms with Crippen molar-refractivity contribution in [3.63, 3.8) is 0 Å². The number of aromatic nitrogens is 1. The summed E-state index contributed by atoms with van der Waals surface area (Å²) in [6, 6.07) is 9.09. The quantitative estimate of drug-likeness (QED) is 0.487. The topological polar surface area (TPSA) is 108 Å². The van der Waals surface area contributed by atoms with E-state index in [1.54, 1.807) is 25.7 Å². The van der Waals surface area contributed by atoms with Crippen molar-refractivity contribution in [1.29, 1.82) is 5.26 Å². The van der Waals surface area contributed by atoms with Gasteiger partial charge < -0.3 is 24.4 Å². The molecular weight excluding hydrogens is 518 g/mol. The van der Waals surface area contributed by atoms with Crippen molar-refractivity contribution in [2.24, 2.45) is 5.92 Å². The number of amides is 3. The molecule has 2 saturated heterocycles. The number of alkyl carbamates (subject to hydrolysis) is 1. The highest BCUT2D eigenvalue weighted by molar-refractivity contribution is 5.92. The molecule has 1 aromatic heterocycles. The van der Waals surface area contributed by atoms with Gasteiger partial charge in [0.2, 0.25) is 11.8 Å². The summed E-state index contributed by atoms with van der Waals surface area (Å²) in [6.07, 6.45) is 4.36. The molecule has 3 atom stereocenters. The Morgan fingerprint density at radius 2 is 1.80 bits per heavy atom. The Morgan fingerprint density at radius 3 is 2.46 bits per heavy atom. The maximum absolute atomic E-state index is 13.9. The third-order valence-electron chi connectivity index (χ3n) is 8.26. The van der Waals surface area contributed by atoms with Gasteiger partial charge in [0, 0.05) is 36.9 Å². The van der Waals surface area contributed by atoms with Crippen molar-refractivity contribution in [2.45, 2.75) is 110 Å². The van der Waals surface area contributed by atoms with Crippen LogP contribution in [-0.2, 0) is 27.3 Å². The van der Waals surface area contributed by atoms with Gasteiger partial charge in [0.05, 0.1) is 11.6 Å². The molecule has 0 aliphatic carbocycles. The number of nitrogens with zero attached hydrogens (tertiary/aromatic N) is 4. The average molecular weight is 564 g/mol. The molecule has 2 aliphatic heterocycles. The Hall–Kier alpha value is -3.54. The molecule has 0 radical (unpaired) electrons. The fourth-order valence-electron chi connectivity index (χ4n) is 6.31. The molecule has 0 saturated carbocycles. The lowest BCUT2D eigenvalue weighted by molar-refractivity contribution is -0.146. The van der Waals surface area contributed by atoms with Crippen LogP contribution in [-0.4, -0.2) is 69.1 Å². The zero-order valence-electron chi connectivity index (χ0n) is 25.4. The van der Waals surface area contributed by atoms with Crippen LogP contribution in [0.1, 0.15) is 84.9 Å². The lowest BCUT2D eigenvalue weighted by Gasteiger charge is -2.34. The van der Waals surface area contributed by atoms with Gasteiger partial charge in [0.15, 0.2) is 0 Å². The summed E-state index contributed by atoms with van der Waals surface area (Å²) in [5, 5.41) is 13.2. The molecule has 0 spiro atoms. The van der Waals surface area contributed by atoms with E-state index in [1.165, 1.54) is 5.69 Å². The molecule has 2 aromatic rings. The maximum atomic E-state index is 13.9. The Balaban J connectivity index is 1.44. The van der Waals surface area contributed by atoms with E-state index in [2.05, 4.69) is 28.9 Å². The Labute approximate surface area is 243 Å². The van der Waals surface area contributed by atoms with E-state index in [-0.39, 0.29) is 23.8 Å². The normalized spacial score (nSPS) is 20.0. The number of nitriles is 1. The van der Waals surface area contributed by atoms with Crippen LogP contribution in [0.5, 0.6) is 0 Å². The Kier molecular flexibility index (Phi) is 9.31. The number of hydrogen-bond donors (Lipinski definition) is 1. The number of nitrogens with one attached hydrogen (secondary N) is 1. The van der Waals surface area contributed by atoms with Crippen LogP contribution in [0.4, 0.5) is 4.79 Å². The molecule has 9 heteroatoms. The van der Waals surface area contributed by atoms with Crippen LogP contribution in [0, 0.1) is 17.2 Å². The number of ether oxygens (including phenoxy) is 1. The highest BCUT2D eigenvalue weighted by Crippen LogP contribution is 2.29. The fraction of sp³-hybridized carbons (Fsp3) is 0.625. The molecule has 0 unspecified atom stereocenters. The largest absolute Gasteiger partial charge is 0.444 e. The highest BCUT2D eigenvalue weighted by Gasteiger charge is 2.42. The molecular formula is C32H45N5O4. The van der Waals surface area contributed by atoms with Crippen molar-refractivity contribution >= 4 is 28.8 Å². The molecule has 222 valence electrons. The minimum absolute atomic E-state index is 0.0211. The van der Waals surface area contributed by atoms with Gasteiger partial charge in [-0.05, 0) is 95.7 Å². The lowest BCUT2D eigenvalue weighted by Crippen LogP contribution is -2.56. The van der Waals surface area contributed by atoms with E-state index in [0.717, 1.165) is 49.6 Å². The number of carbonyl (C=O) groups excluding carboxylic acids is 3. The molecule has 1 aromatic carbocycles. The standard InChI is InChI=1S/C32H45N5O4/c1-7-35-25(19-23-13-12-22(20-33)18-27(23)35)15-14-24-10-8-16-36(24)29(38)26-11-9-17-37(26)30(39)28(21(2)3)34-31(40)41-32(4,5)6/h12-13,18-19,21,24,26,28H,7-11,14-17H2,1-6H3,(H,34,40)/t24-,26+,28-/m0/s1. The Morgan fingerprint density at radius 1 is 1.10 bits per heavy atom. The molecule has 4 rings (SSSR count). The van der Waals surface area contributed by atoms with Crippen molar-refractivity contribution in [2.75, 3.05) is 13.1 Å². The molecule has 2 fully saturated rings. The molecule has 0 bridgehead atoms. The molecule has 3 amide bonds. The predicted molar refractivity (Wildman–Crippen MR) is 158 cm³/mol. The van der Waals surface area contributed by atoms with Crippen LogP contribution in [0.2, 0.25) is 0 Å². The second kappa shape index (κ2) is 12.5. The summed E-state index contributed by atoms with van der Waals surface area (Å²) in [6.45, 7) is 13.3. The highest BCUT2D eigenvalue weighted by atomic mass is 16.6. The minimum atomic E-state index is -0.759. The predicted octanol–water partition coefficient (Wildman–Crippen LogP) is 5.00. The number of rotatable bonds is 8. The monoisotopic (exact) mass is 563 g/mol. The zero-order valence-corrected chi connectivity index (χ0v) is 25.4. The summed E-state index contributed by atoms with van der Waals surface area (Å²) in [7, 11) is 0. The Bertz CT molecular complexity index is 1320. The van der Waals surface area contributed by atoms with Gasteiger partial charge in [0.25, 0.3) is 0 Å². The van der Waals surface area contributed by atoms with Gasteiger partial charge in [-0.15, -0.1) is 0 Å². The van der Waals surface area contributed by atoms with Crippen molar-refractivity contribution in [1.82, 2.24) is 19.7 Å². The summed E-state index contributed by atoms with van der Waals surface area (Å²) < 4.78 is 7.66. The van der Waals surface area contributed by atoms with Crippen LogP contribution in [0.3, 0.4) is 0 Å². The van der Waals surface area contributed by atoms with E-state index in [1.807, 2.05) is 36.9 Å². The number of hydrogen-bond acceptors (Lipinski definition) is 5. The van der Waals surface area contributed by atoms with Crippen LogP contribution >= 0.6 is 0 Å².